The molecule has 4 fully saturated rings. The average molecular weight is 1230 g/mol. The molecule has 42 nitrogen and oxygen atoms in total. The number of aliphatic hydroxyl groups excluding tert-OH is 8. The van der Waals surface area contributed by atoms with Crippen LogP contribution in [-0.4, -0.2) is 159 Å². The van der Waals surface area contributed by atoms with E-state index in [-0.39, 0.29) is 23.3 Å². The molecule has 0 radical (unpaired) electrons. The van der Waals surface area contributed by atoms with Crippen LogP contribution in [-0.2, 0) is 23.7 Å². The second kappa shape index (κ2) is 28.2. The predicted molar refractivity (Wildman–Crippen MR) is 282 cm³/mol. The smallest absolute Gasteiger partial charge is 0.351 e. The van der Waals surface area contributed by atoms with E-state index in [2.05, 4.69) is 72.5 Å². The summed E-state index contributed by atoms with van der Waals surface area (Å²) in [4.78, 5) is 84.4. The summed E-state index contributed by atoms with van der Waals surface area (Å²) < 4.78 is 25.9. The van der Waals surface area contributed by atoms with Crippen LogP contribution in [0, 0.1) is 58.1 Å². The maximum atomic E-state index is 11.9. The molecule has 16 atom stereocenters. The summed E-state index contributed by atoms with van der Waals surface area (Å²) in [5.41, 5.74) is 44.4. The van der Waals surface area contributed by atoms with Gasteiger partial charge < -0.3 is 88.5 Å². The fraction of sp³-hybridized carbons (Fsp3) is 0.465. The fourth-order valence-electron chi connectivity index (χ4n) is 8.95. The lowest BCUT2D eigenvalue weighted by atomic mass is 9.95. The summed E-state index contributed by atoms with van der Waals surface area (Å²) in [5.74, 6) is -2.65. The number of aromatic nitrogens is 8. The van der Waals surface area contributed by atoms with Crippen molar-refractivity contribution in [2.24, 2.45) is 49.9 Å². The minimum Gasteiger partial charge on any atom is -0.391 e. The van der Waals surface area contributed by atoms with Crippen LogP contribution in [0.25, 0.3) is 0 Å². The van der Waals surface area contributed by atoms with Gasteiger partial charge in [0.1, 0.15) is 102 Å². The third-order valence-electron chi connectivity index (χ3n) is 13.2. The highest BCUT2D eigenvalue weighted by molar-refractivity contribution is 6.25. The highest BCUT2D eigenvalue weighted by Gasteiger charge is 2.63. The van der Waals surface area contributed by atoms with Gasteiger partial charge in [-0.3, -0.25) is 23.1 Å². The third kappa shape index (κ3) is 13.3. The van der Waals surface area contributed by atoms with Crippen LogP contribution in [0.2, 0.25) is 0 Å². The Morgan fingerprint density at radius 2 is 0.895 bits per heavy atom. The number of carbonyl (C=O) groups excluding carboxylic acids is 1. The molecule has 0 aromatic carbocycles. The van der Waals surface area contributed by atoms with Crippen LogP contribution in [0.4, 0.5) is 23.3 Å². The van der Waals surface area contributed by atoms with Gasteiger partial charge in [-0.15, -0.1) is 13.0 Å². The number of terminal acetylenes is 1. The number of anilines is 4. The molecule has 43 heteroatoms. The Hall–Kier alpha value is -9.72. The van der Waals surface area contributed by atoms with Crippen LogP contribution >= 0.6 is 11.6 Å². The Morgan fingerprint density at radius 3 is 1.21 bits per heavy atom. The van der Waals surface area contributed by atoms with E-state index in [1.165, 1.54) is 61.2 Å². The minimum atomic E-state index is -2.08. The lowest BCUT2D eigenvalue weighted by molar-refractivity contribution is -0.130. The number of nitrogen functional groups attached to an aromatic ring is 4. The van der Waals surface area contributed by atoms with E-state index in [1.54, 1.807) is 0 Å². The molecule has 0 unspecified atom stereocenters. The number of carbonyl (C=O) groups is 1. The largest absolute Gasteiger partial charge is 0.391 e. The van der Waals surface area contributed by atoms with Crippen molar-refractivity contribution in [3.8, 4) is 12.3 Å². The summed E-state index contributed by atoms with van der Waals surface area (Å²) >= 11 is 5.55. The lowest BCUT2D eigenvalue weighted by Crippen LogP contribution is -2.46. The number of rotatable bonds is 15. The van der Waals surface area contributed by atoms with Crippen LogP contribution in [0.1, 0.15) is 24.9 Å². The van der Waals surface area contributed by atoms with Gasteiger partial charge in [-0.2, -0.15) is 19.9 Å². The first-order valence-electron chi connectivity index (χ1n) is 24.1. The maximum Gasteiger partial charge on any atom is 0.351 e. The summed E-state index contributed by atoms with van der Waals surface area (Å²) in [7, 11) is 0. The second-order valence-corrected chi connectivity index (χ2v) is 18.4. The van der Waals surface area contributed by atoms with Gasteiger partial charge in [0.15, 0.2) is 45.4 Å². The van der Waals surface area contributed by atoms with Gasteiger partial charge in [-0.05, 0) is 24.3 Å². The first-order chi connectivity index (χ1) is 40.8. The minimum absolute atomic E-state index is 0.0197. The summed E-state index contributed by atoms with van der Waals surface area (Å²) in [6.45, 7) is 0.479. The number of halogens is 1. The first kappa shape index (κ1) is 67.1. The number of primary amides is 1. The van der Waals surface area contributed by atoms with E-state index in [9.17, 15) is 64.8 Å². The van der Waals surface area contributed by atoms with E-state index < -0.39 is 151 Å². The SMILES string of the molecule is C#C[C@@H]1[C@H](n2ccc(N)nc2=O)O[C@@](CO)(N=[N+]=N)[C@H]1O.C=C[C@@H]1[C@H](n2ccc(N)nc2=O)O[C@@](CO)(N=[N+]=N)[C@H]1O.N=[N+]=N[C@]1(CO)O[C@@H](n2ccc(N)nc2=O)[C@@H](C(N)=O)[C@@H]1O.N=[N+]=N[C@]1(CO)O[C@@H](n2ccc(N)nc2=O)[C@@H](C=CCl)[C@@H]1O. The van der Waals surface area contributed by atoms with E-state index in [0.29, 0.717) is 0 Å². The average Bonchev–Trinajstić information content (AvgIpc) is 1.81. The highest BCUT2D eigenvalue weighted by atomic mass is 35.5. The van der Waals surface area contributed by atoms with Crippen LogP contribution in [0.15, 0.2) is 113 Å². The van der Waals surface area contributed by atoms with Crippen molar-refractivity contribution in [3.05, 3.63) is 115 Å². The van der Waals surface area contributed by atoms with E-state index in [4.69, 9.17) is 87.8 Å². The summed E-state index contributed by atoms with van der Waals surface area (Å²) in [6, 6.07) is 5.40. The Bertz CT molecular complexity index is 3670. The zero-order chi connectivity index (χ0) is 64.1. The van der Waals surface area contributed by atoms with Gasteiger partial charge in [-0.25, -0.2) is 19.2 Å². The summed E-state index contributed by atoms with van der Waals surface area (Å²) in [6.07, 6.45) is 2.87. The van der Waals surface area contributed by atoms with E-state index in [0.717, 1.165) is 23.8 Å². The number of nitrogens with one attached hydrogen (secondary N) is 4. The molecule has 86 heavy (non-hydrogen) atoms. The van der Waals surface area contributed by atoms with Crippen molar-refractivity contribution in [2.45, 2.75) is 72.2 Å². The molecule has 0 aliphatic carbocycles. The Kier molecular flexibility index (Phi) is 22.0. The standard InChI is InChI=1S/C11H13ClN6O4.C11H14N6O4.C11H12N6O4.C10H13N7O5/c12-3-1-6-8(20)11(5-19,16-17-14)22-9(6)18-4-2-7(13)15-10(18)21;2*1-2-6-8(19)11(5-18,15-16-13)21-9(6)17-4-3-7(12)14-10(17)20;11-4-1-2-17(9(21)14-4)8-5(7(12)20)6(19)10(3-18,22-8)15-16-13/h1-4,6,8-9,14,19-20H,5H2,(H-,13,15,21);2-4,6,8-9,13,18-19H,1,5H2,(H-,12,14,20);1,3-4,6,8-9,13,18-19H,5H2,(H-,12,14,20);1-2,5-6,8,13,18-19H,3H2,(H3-,11,12,14,20,21)/p+4/t3*6-,8-,9+,11+;5-,6+,8-,10-/m0001/s1. The number of ether oxygens (including phenoxy) is 4. The van der Waals surface area contributed by atoms with E-state index >= 15 is 0 Å². The van der Waals surface area contributed by atoms with Gasteiger partial charge in [0, 0.05) is 30.3 Å². The molecule has 8 heterocycles. The van der Waals surface area contributed by atoms with Crippen LogP contribution in [0.5, 0.6) is 0 Å². The highest BCUT2D eigenvalue weighted by Crippen LogP contribution is 2.45. The van der Waals surface area contributed by atoms with Gasteiger partial charge in [0.05, 0.1) is 17.8 Å². The van der Waals surface area contributed by atoms with Crippen molar-refractivity contribution < 1.29 is 64.6 Å². The number of nitrogens with two attached hydrogens (primary N) is 5. The molecule has 4 aromatic rings. The molecule has 0 saturated carbocycles. The third-order valence-corrected chi connectivity index (χ3v) is 13.3. The van der Waals surface area contributed by atoms with E-state index in [1.807, 2.05) is 0 Å². The molecule has 4 aliphatic heterocycles. The zero-order valence-corrected chi connectivity index (χ0v) is 44.8. The van der Waals surface area contributed by atoms with Gasteiger partial charge in [0.2, 0.25) is 25.6 Å². The molecule has 8 rings (SSSR count). The maximum absolute atomic E-state index is 11.9. The number of hydrogen-bond donors (Lipinski definition) is 17. The monoisotopic (exact) mass is 1230 g/mol. The molecule has 0 spiro atoms. The number of nitrogens with zero attached hydrogens (tertiary/aromatic N) is 16. The van der Waals surface area contributed by atoms with Crippen LogP contribution in [0.3, 0.4) is 0 Å². The number of amides is 1. The fourth-order valence-corrected chi connectivity index (χ4v) is 9.11. The summed E-state index contributed by atoms with van der Waals surface area (Å²) in [5, 5.41) is 92.3. The van der Waals surface area contributed by atoms with Crippen molar-refractivity contribution in [3.63, 3.8) is 0 Å². The molecule has 0 bridgehead atoms. The van der Waals surface area contributed by atoms with Gasteiger partial charge in [0.25, 0.3) is 22.9 Å². The Labute approximate surface area is 483 Å². The molecular weight excluding hydrogens is 1170 g/mol. The Morgan fingerprint density at radius 1 is 0.593 bits per heavy atom. The molecule has 1 amide bonds. The predicted octanol–water partition coefficient (Wildman–Crippen LogP) is -6.66. The number of aliphatic hydroxyl groups is 8. The van der Waals surface area contributed by atoms with Crippen molar-refractivity contribution in [1.29, 1.82) is 22.1 Å². The van der Waals surface area contributed by atoms with Crippen molar-refractivity contribution in [1.82, 2.24) is 57.9 Å². The Balaban J connectivity index is 0.000000209. The molecule has 4 aromatic heterocycles. The quantitative estimate of drug-likeness (QED) is 0.0228. The first-order valence-corrected chi connectivity index (χ1v) is 24.5. The normalized spacial score (nSPS) is 31.3. The zero-order valence-electron chi connectivity index (χ0n) is 44.1. The second-order valence-electron chi connectivity index (χ2n) is 18.1. The molecule has 22 N–H and O–H groups in total. The van der Waals surface area contributed by atoms with Crippen molar-refractivity contribution >= 4 is 40.8 Å². The lowest BCUT2D eigenvalue weighted by Gasteiger charge is -2.18. The topological polar surface area (TPSA) is 687 Å². The molecule has 4 aliphatic rings. The van der Waals surface area contributed by atoms with Gasteiger partial charge >= 0.3 is 22.8 Å². The molecule has 458 valence electrons. The molecule has 4 saturated heterocycles. The molecular formula is C43H56ClN25O17+4. The van der Waals surface area contributed by atoms with Crippen molar-refractivity contribution in [2.75, 3.05) is 49.4 Å². The van der Waals surface area contributed by atoms with Gasteiger partial charge in [-0.1, -0.05) is 29.7 Å². The number of hydrogen-bond acceptors (Lipinski definition) is 33. The van der Waals surface area contributed by atoms with Crippen LogP contribution < -0.4 is 71.1 Å².